The van der Waals surface area contributed by atoms with E-state index in [1.165, 1.54) is 4.68 Å². The normalized spacial score (nSPS) is 11.3. The topological polar surface area (TPSA) is 87.3 Å². The van der Waals surface area contributed by atoms with Gasteiger partial charge in [0.1, 0.15) is 6.33 Å². The molecule has 0 aliphatic carbocycles. The van der Waals surface area contributed by atoms with E-state index >= 15 is 0 Å². The molecule has 1 aromatic carbocycles. The number of rotatable bonds is 8. The van der Waals surface area contributed by atoms with E-state index in [2.05, 4.69) is 34.0 Å². The zero-order chi connectivity index (χ0) is 19.4. The van der Waals surface area contributed by atoms with Gasteiger partial charge in [0.05, 0.1) is 19.9 Å². The Morgan fingerprint density at radius 3 is 2.52 bits per heavy atom. The second kappa shape index (κ2) is 8.17. The van der Waals surface area contributed by atoms with Gasteiger partial charge in [0, 0.05) is 19.2 Å². The monoisotopic (exact) mass is 372 g/mol. The number of benzene rings is 1. The van der Waals surface area contributed by atoms with Crippen LogP contribution in [-0.4, -0.2) is 63.3 Å². The van der Waals surface area contributed by atoms with Gasteiger partial charge in [-0.3, -0.25) is 9.36 Å². The van der Waals surface area contributed by atoms with Crippen LogP contribution in [0.2, 0.25) is 0 Å². The Kier molecular flexibility index (Phi) is 5.70. The minimum atomic E-state index is -0.195. The van der Waals surface area contributed by atoms with Gasteiger partial charge in [0.15, 0.2) is 22.7 Å². The molecule has 144 valence electrons. The fraction of sp³-hybridized carbons (Fsp3) is 0.444. The van der Waals surface area contributed by atoms with Crippen molar-refractivity contribution in [2.45, 2.75) is 20.4 Å². The first kappa shape index (κ1) is 18.8. The van der Waals surface area contributed by atoms with Crippen molar-refractivity contribution in [1.82, 2.24) is 29.4 Å². The highest BCUT2D eigenvalue weighted by molar-refractivity contribution is 5.70. The average molecular weight is 372 g/mol. The molecule has 0 aliphatic heterocycles. The fourth-order valence-corrected chi connectivity index (χ4v) is 2.92. The molecule has 0 N–H and O–H groups in total. The zero-order valence-electron chi connectivity index (χ0n) is 16.0. The van der Waals surface area contributed by atoms with Crippen molar-refractivity contribution in [1.29, 1.82) is 0 Å². The van der Waals surface area contributed by atoms with E-state index in [1.54, 1.807) is 37.2 Å². The number of hydrogen-bond acceptors (Lipinski definition) is 7. The molecule has 0 spiro atoms. The van der Waals surface area contributed by atoms with Crippen molar-refractivity contribution >= 4 is 11.2 Å². The standard InChI is InChI=1S/C18H24N6O3/c1-5-22(6-2)9-10-23-12-19-17-16(18(23)25)20-21-24(17)13-7-8-14(26-3)15(11-13)27-4/h7-8,11-12H,5-6,9-10H2,1-4H3. The van der Waals surface area contributed by atoms with Crippen LogP contribution in [0.1, 0.15) is 13.8 Å². The molecule has 0 atom stereocenters. The molecular weight excluding hydrogens is 348 g/mol. The minimum Gasteiger partial charge on any atom is -0.493 e. The van der Waals surface area contributed by atoms with Crippen LogP contribution in [0, 0.1) is 0 Å². The van der Waals surface area contributed by atoms with Crippen molar-refractivity contribution in [2.75, 3.05) is 33.9 Å². The number of likely N-dealkylation sites (N-methyl/N-ethyl adjacent to an activating group) is 1. The van der Waals surface area contributed by atoms with Gasteiger partial charge in [-0.15, -0.1) is 5.10 Å². The molecule has 0 radical (unpaired) electrons. The van der Waals surface area contributed by atoms with Crippen LogP contribution in [0.5, 0.6) is 11.5 Å². The lowest BCUT2D eigenvalue weighted by Gasteiger charge is -2.18. The lowest BCUT2D eigenvalue weighted by Crippen LogP contribution is -2.31. The van der Waals surface area contributed by atoms with Crippen LogP contribution in [0.15, 0.2) is 29.3 Å². The van der Waals surface area contributed by atoms with E-state index in [4.69, 9.17) is 9.47 Å². The van der Waals surface area contributed by atoms with Crippen LogP contribution in [0.25, 0.3) is 16.9 Å². The van der Waals surface area contributed by atoms with E-state index in [0.29, 0.717) is 29.4 Å². The van der Waals surface area contributed by atoms with E-state index in [9.17, 15) is 4.79 Å². The fourth-order valence-electron chi connectivity index (χ4n) is 2.92. The maximum absolute atomic E-state index is 12.7. The molecule has 0 amide bonds. The smallest absolute Gasteiger partial charge is 0.283 e. The van der Waals surface area contributed by atoms with Gasteiger partial charge in [0.25, 0.3) is 5.56 Å². The van der Waals surface area contributed by atoms with Gasteiger partial charge in [-0.1, -0.05) is 19.1 Å². The van der Waals surface area contributed by atoms with Crippen molar-refractivity contribution in [2.24, 2.45) is 0 Å². The summed E-state index contributed by atoms with van der Waals surface area (Å²) < 4.78 is 13.7. The Morgan fingerprint density at radius 1 is 1.11 bits per heavy atom. The third kappa shape index (κ3) is 3.63. The molecular formula is C18H24N6O3. The average Bonchev–Trinajstić information content (AvgIpc) is 3.14. The van der Waals surface area contributed by atoms with Gasteiger partial charge >= 0.3 is 0 Å². The van der Waals surface area contributed by atoms with Crippen LogP contribution >= 0.6 is 0 Å². The molecule has 9 heteroatoms. The lowest BCUT2D eigenvalue weighted by atomic mass is 10.2. The predicted octanol–water partition coefficient (Wildman–Crippen LogP) is 1.34. The molecule has 27 heavy (non-hydrogen) atoms. The highest BCUT2D eigenvalue weighted by atomic mass is 16.5. The van der Waals surface area contributed by atoms with Gasteiger partial charge in [-0.2, -0.15) is 4.68 Å². The van der Waals surface area contributed by atoms with Gasteiger partial charge in [0.2, 0.25) is 0 Å². The Balaban J connectivity index is 1.96. The summed E-state index contributed by atoms with van der Waals surface area (Å²) in [6.07, 6.45) is 1.55. The Hall–Kier alpha value is -2.94. The maximum Gasteiger partial charge on any atom is 0.283 e. The van der Waals surface area contributed by atoms with E-state index in [1.807, 2.05) is 6.07 Å². The van der Waals surface area contributed by atoms with Gasteiger partial charge in [-0.25, -0.2) is 4.98 Å². The van der Waals surface area contributed by atoms with Crippen molar-refractivity contribution < 1.29 is 9.47 Å². The first-order valence-electron chi connectivity index (χ1n) is 8.88. The maximum atomic E-state index is 12.7. The highest BCUT2D eigenvalue weighted by Crippen LogP contribution is 2.29. The summed E-state index contributed by atoms with van der Waals surface area (Å²) in [4.78, 5) is 19.4. The Morgan fingerprint density at radius 2 is 1.85 bits per heavy atom. The van der Waals surface area contributed by atoms with Crippen molar-refractivity contribution in [3.05, 3.63) is 34.9 Å². The quantitative estimate of drug-likeness (QED) is 0.589. The molecule has 0 saturated heterocycles. The second-order valence-corrected chi connectivity index (χ2v) is 5.98. The molecule has 3 aromatic rings. The lowest BCUT2D eigenvalue weighted by molar-refractivity contribution is 0.289. The summed E-state index contributed by atoms with van der Waals surface area (Å²) >= 11 is 0. The van der Waals surface area contributed by atoms with E-state index in [0.717, 1.165) is 19.6 Å². The summed E-state index contributed by atoms with van der Waals surface area (Å²) in [6, 6.07) is 5.34. The van der Waals surface area contributed by atoms with Crippen LogP contribution in [-0.2, 0) is 6.54 Å². The Labute approximate surface area is 157 Å². The second-order valence-electron chi connectivity index (χ2n) is 5.98. The van der Waals surface area contributed by atoms with Crippen LogP contribution in [0.3, 0.4) is 0 Å². The zero-order valence-corrected chi connectivity index (χ0v) is 16.0. The van der Waals surface area contributed by atoms with Crippen LogP contribution in [0.4, 0.5) is 0 Å². The molecule has 0 bridgehead atoms. The Bertz CT molecular complexity index is 977. The minimum absolute atomic E-state index is 0.195. The third-order valence-corrected chi connectivity index (χ3v) is 4.59. The first-order valence-corrected chi connectivity index (χ1v) is 8.88. The highest BCUT2D eigenvalue weighted by Gasteiger charge is 2.15. The summed E-state index contributed by atoms with van der Waals surface area (Å²) in [5, 5.41) is 8.16. The molecule has 0 aliphatic rings. The molecule has 2 aromatic heterocycles. The first-order chi connectivity index (χ1) is 13.1. The van der Waals surface area contributed by atoms with E-state index in [-0.39, 0.29) is 11.1 Å². The molecule has 0 unspecified atom stereocenters. The number of aromatic nitrogens is 5. The summed E-state index contributed by atoms with van der Waals surface area (Å²) in [6.45, 7) is 7.42. The molecule has 0 saturated carbocycles. The largest absolute Gasteiger partial charge is 0.493 e. The van der Waals surface area contributed by atoms with Crippen molar-refractivity contribution in [3.8, 4) is 17.2 Å². The van der Waals surface area contributed by atoms with Crippen LogP contribution < -0.4 is 15.0 Å². The van der Waals surface area contributed by atoms with E-state index < -0.39 is 0 Å². The van der Waals surface area contributed by atoms with Gasteiger partial charge in [-0.05, 0) is 25.2 Å². The number of fused-ring (bicyclic) bond motifs is 1. The third-order valence-electron chi connectivity index (χ3n) is 4.59. The predicted molar refractivity (Wildman–Crippen MR) is 102 cm³/mol. The molecule has 0 fully saturated rings. The molecule has 3 rings (SSSR count). The summed E-state index contributed by atoms with van der Waals surface area (Å²) in [5.74, 6) is 1.17. The SMILES string of the molecule is CCN(CC)CCn1cnc2c(nnn2-c2ccc(OC)c(OC)c2)c1=O. The van der Waals surface area contributed by atoms with Crippen molar-refractivity contribution in [3.63, 3.8) is 0 Å². The summed E-state index contributed by atoms with van der Waals surface area (Å²) in [7, 11) is 3.14. The molecule has 2 heterocycles. The van der Waals surface area contributed by atoms with Gasteiger partial charge < -0.3 is 14.4 Å². The number of hydrogen-bond donors (Lipinski definition) is 0. The summed E-state index contributed by atoms with van der Waals surface area (Å²) in [5.41, 5.74) is 1.14. The number of nitrogens with zero attached hydrogens (tertiary/aromatic N) is 6. The number of ether oxygens (including phenoxy) is 2. The number of methoxy groups -OCH3 is 2. The molecule has 9 nitrogen and oxygen atoms in total.